The van der Waals surface area contributed by atoms with Crippen molar-refractivity contribution < 1.29 is 28.7 Å². The monoisotopic (exact) mass is 550 g/mol. The average Bonchev–Trinajstić information content (AvgIpc) is 3.44. The van der Waals surface area contributed by atoms with Crippen LogP contribution in [0.1, 0.15) is 79.8 Å². The third kappa shape index (κ3) is 12.0. The van der Waals surface area contributed by atoms with E-state index in [1.54, 1.807) is 59.0 Å². The third-order valence-electron chi connectivity index (χ3n) is 5.92. The Hall–Kier alpha value is -3.31. The Morgan fingerprint density at radius 2 is 1.69 bits per heavy atom. The van der Waals surface area contributed by atoms with Gasteiger partial charge in [-0.25, -0.2) is 14.6 Å². The van der Waals surface area contributed by atoms with Crippen molar-refractivity contribution in [3.63, 3.8) is 0 Å². The minimum atomic E-state index is -0.869. The fourth-order valence-electron chi connectivity index (χ4n) is 4.28. The van der Waals surface area contributed by atoms with Crippen LogP contribution in [0.3, 0.4) is 0 Å². The Morgan fingerprint density at radius 1 is 1.03 bits per heavy atom. The number of rotatable bonds is 11. The number of amides is 4. The molecule has 1 aromatic rings. The Kier molecular flexibility index (Phi) is 11.6. The van der Waals surface area contributed by atoms with Gasteiger partial charge in [0.2, 0.25) is 11.8 Å². The third-order valence-corrected chi connectivity index (χ3v) is 5.92. The molecule has 1 aromatic heterocycles. The first-order valence-corrected chi connectivity index (χ1v) is 13.7. The number of carbonyl (C=O) groups excluding carboxylic acids is 4. The van der Waals surface area contributed by atoms with Crippen molar-refractivity contribution in [2.75, 3.05) is 19.6 Å². The Bertz CT molecular complexity index is 953. The molecule has 0 aliphatic carbocycles. The van der Waals surface area contributed by atoms with E-state index in [0.717, 1.165) is 5.69 Å². The van der Waals surface area contributed by atoms with Crippen LogP contribution in [0.25, 0.3) is 0 Å². The maximum Gasteiger partial charge on any atom is 0.408 e. The maximum absolute atomic E-state index is 13.7. The van der Waals surface area contributed by atoms with Crippen LogP contribution in [0, 0.1) is 5.92 Å². The number of hydrogen-bond donors (Lipinski definition) is 4. The van der Waals surface area contributed by atoms with Crippen LogP contribution < -0.4 is 16.0 Å². The van der Waals surface area contributed by atoms with Gasteiger partial charge in [-0.05, 0) is 73.1 Å². The van der Waals surface area contributed by atoms with Crippen molar-refractivity contribution in [1.29, 1.82) is 0 Å². The molecule has 4 N–H and O–H groups in total. The molecular weight excluding hydrogens is 504 g/mol. The fourth-order valence-corrected chi connectivity index (χ4v) is 4.28. The minimum Gasteiger partial charge on any atom is -0.444 e. The van der Waals surface area contributed by atoms with Crippen molar-refractivity contribution in [2.45, 2.75) is 104 Å². The zero-order valence-corrected chi connectivity index (χ0v) is 24.4. The molecule has 0 bridgehead atoms. The summed E-state index contributed by atoms with van der Waals surface area (Å²) in [5.74, 6) is -0.402. The van der Waals surface area contributed by atoms with Crippen molar-refractivity contribution in [3.8, 4) is 0 Å². The van der Waals surface area contributed by atoms with Gasteiger partial charge in [0.15, 0.2) is 0 Å². The molecule has 1 saturated heterocycles. The quantitative estimate of drug-likeness (QED) is 0.309. The highest BCUT2D eigenvalue weighted by molar-refractivity contribution is 5.92. The standard InChI is InChI=1S/C27H46N6O6/c1-18-14-21(22(34)29-13-11-19-15-28-17-31-19)33(16-18)23(35)20(32-25(37)39-27(5,6)7)10-8-9-12-30-24(36)38-26(2,3)4/h15,17-18,20-21H,8-14,16H2,1-7H3,(H,28,31)(H,29,34)(H,30,36)(H,32,37)/t18-,20+,21-/m0/s1. The topological polar surface area (TPSA) is 155 Å². The van der Waals surface area contributed by atoms with Crippen LogP contribution in [-0.2, 0) is 25.5 Å². The van der Waals surface area contributed by atoms with Gasteiger partial charge < -0.3 is 35.3 Å². The number of H-pyrrole nitrogens is 1. The highest BCUT2D eigenvalue weighted by Crippen LogP contribution is 2.25. The molecule has 12 heteroatoms. The summed E-state index contributed by atoms with van der Waals surface area (Å²) in [5, 5.41) is 8.33. The van der Waals surface area contributed by atoms with Gasteiger partial charge in [-0.2, -0.15) is 0 Å². The average molecular weight is 551 g/mol. The molecule has 3 atom stereocenters. The number of nitrogens with one attached hydrogen (secondary N) is 4. The number of alkyl carbamates (subject to hydrolysis) is 2. The number of likely N-dealkylation sites (tertiary alicyclic amines) is 1. The maximum atomic E-state index is 13.7. The number of carbonyl (C=O) groups is 4. The van der Waals surface area contributed by atoms with Crippen molar-refractivity contribution in [2.24, 2.45) is 5.92 Å². The van der Waals surface area contributed by atoms with E-state index in [1.165, 1.54) is 0 Å². The van der Waals surface area contributed by atoms with Gasteiger partial charge in [0, 0.05) is 37.9 Å². The molecule has 0 spiro atoms. The summed E-state index contributed by atoms with van der Waals surface area (Å²) < 4.78 is 10.6. The first-order valence-electron chi connectivity index (χ1n) is 13.7. The first-order chi connectivity index (χ1) is 18.1. The molecule has 0 saturated carbocycles. The van der Waals surface area contributed by atoms with Gasteiger partial charge in [0.25, 0.3) is 0 Å². The second-order valence-corrected chi connectivity index (χ2v) is 12.1. The number of imidazole rings is 1. The molecule has 1 aliphatic heterocycles. The summed E-state index contributed by atoms with van der Waals surface area (Å²) in [4.78, 5) is 59.7. The molecule has 220 valence electrons. The van der Waals surface area contributed by atoms with Crippen LogP contribution >= 0.6 is 0 Å². The molecular formula is C27H46N6O6. The summed E-state index contributed by atoms with van der Waals surface area (Å²) in [6, 6.07) is -1.49. The first kappa shape index (κ1) is 31.9. The molecule has 1 fully saturated rings. The molecule has 1 aliphatic rings. The number of aromatic amines is 1. The molecule has 2 rings (SSSR count). The van der Waals surface area contributed by atoms with Crippen LogP contribution in [0.2, 0.25) is 0 Å². The van der Waals surface area contributed by atoms with Crippen molar-refractivity contribution in [1.82, 2.24) is 30.8 Å². The summed E-state index contributed by atoms with van der Waals surface area (Å²) in [5.41, 5.74) is -0.409. The fraction of sp³-hybridized carbons (Fsp3) is 0.741. The minimum absolute atomic E-state index is 0.137. The summed E-state index contributed by atoms with van der Waals surface area (Å²) in [6.45, 7) is 13.8. The predicted octanol–water partition coefficient (Wildman–Crippen LogP) is 2.89. The SMILES string of the molecule is C[C@H]1C[C@@H](C(=O)NCCc2cnc[nH]2)N(C(=O)[C@@H](CCCCNC(=O)OC(C)(C)C)NC(=O)OC(C)(C)C)C1. The largest absolute Gasteiger partial charge is 0.444 e. The van der Waals surface area contributed by atoms with E-state index >= 15 is 0 Å². The van der Waals surface area contributed by atoms with E-state index in [2.05, 4.69) is 25.9 Å². The van der Waals surface area contributed by atoms with Crippen LogP contribution in [-0.4, -0.2) is 81.8 Å². The number of hydrogen-bond acceptors (Lipinski definition) is 7. The summed E-state index contributed by atoms with van der Waals surface area (Å²) in [6.07, 6.45) is 4.68. The molecule has 0 aromatic carbocycles. The van der Waals surface area contributed by atoms with Crippen molar-refractivity contribution >= 4 is 24.0 Å². The van der Waals surface area contributed by atoms with Gasteiger partial charge in [0.1, 0.15) is 23.3 Å². The molecule has 39 heavy (non-hydrogen) atoms. The van der Waals surface area contributed by atoms with E-state index in [0.29, 0.717) is 51.7 Å². The number of unbranched alkanes of at least 4 members (excludes halogenated alkanes) is 1. The normalized spacial score (nSPS) is 18.3. The van der Waals surface area contributed by atoms with E-state index in [9.17, 15) is 19.2 Å². The van der Waals surface area contributed by atoms with Gasteiger partial charge in [-0.1, -0.05) is 6.92 Å². The molecule has 4 amide bonds. The van der Waals surface area contributed by atoms with Gasteiger partial charge in [-0.3, -0.25) is 9.59 Å². The molecule has 12 nitrogen and oxygen atoms in total. The predicted molar refractivity (Wildman–Crippen MR) is 146 cm³/mol. The molecule has 2 heterocycles. The lowest BCUT2D eigenvalue weighted by Gasteiger charge is -2.29. The summed E-state index contributed by atoms with van der Waals surface area (Å²) in [7, 11) is 0. The second-order valence-electron chi connectivity index (χ2n) is 12.1. The highest BCUT2D eigenvalue weighted by atomic mass is 16.6. The van der Waals surface area contributed by atoms with Crippen LogP contribution in [0.4, 0.5) is 9.59 Å². The number of nitrogens with zero attached hydrogens (tertiary/aromatic N) is 2. The Labute approximate surface area is 231 Å². The highest BCUT2D eigenvalue weighted by Gasteiger charge is 2.40. The van der Waals surface area contributed by atoms with E-state index < -0.39 is 35.5 Å². The molecule has 0 unspecified atom stereocenters. The van der Waals surface area contributed by atoms with Crippen molar-refractivity contribution in [3.05, 3.63) is 18.2 Å². The molecule has 0 radical (unpaired) electrons. The Morgan fingerprint density at radius 3 is 2.31 bits per heavy atom. The van der Waals surface area contributed by atoms with Gasteiger partial charge in [-0.15, -0.1) is 0 Å². The zero-order chi connectivity index (χ0) is 29.2. The van der Waals surface area contributed by atoms with Crippen LogP contribution in [0.15, 0.2) is 12.5 Å². The number of aromatic nitrogens is 2. The second kappa shape index (κ2) is 14.2. The van der Waals surface area contributed by atoms with Gasteiger partial charge >= 0.3 is 12.2 Å². The Balaban J connectivity index is 1.99. The summed E-state index contributed by atoms with van der Waals surface area (Å²) >= 11 is 0. The lowest BCUT2D eigenvalue weighted by atomic mass is 10.1. The van der Waals surface area contributed by atoms with Crippen LogP contribution in [0.5, 0.6) is 0 Å². The van der Waals surface area contributed by atoms with E-state index in [-0.39, 0.29) is 17.7 Å². The van der Waals surface area contributed by atoms with E-state index in [1.807, 2.05) is 6.92 Å². The van der Waals surface area contributed by atoms with E-state index in [4.69, 9.17) is 9.47 Å². The zero-order valence-electron chi connectivity index (χ0n) is 24.4. The smallest absolute Gasteiger partial charge is 0.408 e. The van der Waals surface area contributed by atoms with Gasteiger partial charge in [0.05, 0.1) is 6.33 Å². The lowest BCUT2D eigenvalue weighted by molar-refractivity contribution is -0.140. The number of ether oxygens (including phenoxy) is 2. The lowest BCUT2D eigenvalue weighted by Crippen LogP contribution is -2.54.